The molecule has 5 heteroatoms. The third-order valence-corrected chi connectivity index (χ3v) is 3.16. The lowest BCUT2D eigenvalue weighted by Crippen LogP contribution is -2.01. The van der Waals surface area contributed by atoms with E-state index in [2.05, 4.69) is 21.0 Å². The van der Waals surface area contributed by atoms with Gasteiger partial charge in [-0.3, -0.25) is 4.68 Å². The van der Waals surface area contributed by atoms with Crippen LogP contribution in [0.2, 0.25) is 5.02 Å². The van der Waals surface area contributed by atoms with Crippen molar-refractivity contribution in [2.24, 2.45) is 0 Å². The maximum absolute atomic E-state index is 5.81. The van der Waals surface area contributed by atoms with Crippen molar-refractivity contribution in [2.75, 3.05) is 7.11 Å². The third kappa shape index (κ3) is 2.57. The Bertz CT molecular complexity index is 498. The van der Waals surface area contributed by atoms with Crippen molar-refractivity contribution in [3.05, 3.63) is 45.7 Å². The second-order valence-corrected chi connectivity index (χ2v) is 4.60. The average molecular weight is 302 g/mol. The third-order valence-electron chi connectivity index (χ3n) is 2.19. The van der Waals surface area contributed by atoms with Gasteiger partial charge in [0, 0.05) is 10.7 Å². The molecule has 0 saturated carbocycles. The largest absolute Gasteiger partial charge is 0.497 e. The normalized spacial score (nSPS) is 10.4. The molecule has 84 valence electrons. The quantitative estimate of drug-likeness (QED) is 0.869. The first-order chi connectivity index (χ1) is 7.69. The molecular formula is C11H10BrClN2O. The second kappa shape index (κ2) is 4.89. The van der Waals surface area contributed by atoms with Gasteiger partial charge in [-0.05, 0) is 23.8 Å². The molecule has 0 unspecified atom stereocenters. The molecule has 2 rings (SSSR count). The molecule has 3 nitrogen and oxygen atoms in total. The number of rotatable bonds is 3. The van der Waals surface area contributed by atoms with E-state index in [1.54, 1.807) is 24.2 Å². The Labute approximate surface area is 107 Å². The lowest BCUT2D eigenvalue weighted by molar-refractivity contribution is 0.414. The standard InChI is InChI=1S/C11H10BrClN2O/c1-16-10-2-3-11(12)8(4-10)6-15-7-9(13)5-14-15/h2-5,7H,6H2,1H3. The first-order valence-corrected chi connectivity index (χ1v) is 5.86. The highest BCUT2D eigenvalue weighted by Crippen LogP contribution is 2.23. The van der Waals surface area contributed by atoms with E-state index in [4.69, 9.17) is 16.3 Å². The Morgan fingerprint density at radius 3 is 2.94 bits per heavy atom. The van der Waals surface area contributed by atoms with Gasteiger partial charge in [-0.15, -0.1) is 0 Å². The van der Waals surface area contributed by atoms with Gasteiger partial charge in [-0.25, -0.2) is 0 Å². The summed E-state index contributed by atoms with van der Waals surface area (Å²) in [6.07, 6.45) is 3.41. The maximum atomic E-state index is 5.81. The van der Waals surface area contributed by atoms with Crippen LogP contribution in [-0.4, -0.2) is 16.9 Å². The fourth-order valence-corrected chi connectivity index (χ4v) is 1.93. The molecule has 0 bridgehead atoms. The molecule has 16 heavy (non-hydrogen) atoms. The Balaban J connectivity index is 2.26. The Kier molecular flexibility index (Phi) is 3.51. The Morgan fingerprint density at radius 1 is 1.50 bits per heavy atom. The molecule has 1 aromatic heterocycles. The lowest BCUT2D eigenvalue weighted by Gasteiger charge is -2.07. The van der Waals surface area contributed by atoms with Crippen molar-refractivity contribution < 1.29 is 4.74 Å². The number of benzene rings is 1. The summed E-state index contributed by atoms with van der Waals surface area (Å²) in [6.45, 7) is 0.657. The van der Waals surface area contributed by atoms with Gasteiger partial charge >= 0.3 is 0 Å². The van der Waals surface area contributed by atoms with Gasteiger partial charge in [0.05, 0.1) is 24.9 Å². The molecule has 0 aliphatic rings. The number of halogens is 2. The predicted octanol–water partition coefficient (Wildman–Crippen LogP) is 3.36. The molecule has 0 radical (unpaired) electrons. The summed E-state index contributed by atoms with van der Waals surface area (Å²) in [5, 5.41) is 4.77. The highest BCUT2D eigenvalue weighted by atomic mass is 79.9. The highest BCUT2D eigenvalue weighted by molar-refractivity contribution is 9.10. The smallest absolute Gasteiger partial charge is 0.119 e. The van der Waals surface area contributed by atoms with Gasteiger partial charge in [0.15, 0.2) is 0 Å². The zero-order valence-corrected chi connectivity index (χ0v) is 11.0. The van der Waals surface area contributed by atoms with Gasteiger partial charge in [0.25, 0.3) is 0 Å². The zero-order chi connectivity index (χ0) is 11.5. The Morgan fingerprint density at radius 2 is 2.31 bits per heavy atom. The van der Waals surface area contributed by atoms with Crippen LogP contribution in [0.4, 0.5) is 0 Å². The lowest BCUT2D eigenvalue weighted by atomic mass is 10.2. The minimum absolute atomic E-state index is 0.638. The molecule has 0 amide bonds. The van der Waals surface area contributed by atoms with Crippen LogP contribution in [0.15, 0.2) is 35.1 Å². The fraction of sp³-hybridized carbons (Fsp3) is 0.182. The summed E-state index contributed by atoms with van der Waals surface area (Å²) >= 11 is 9.30. The first kappa shape index (κ1) is 11.5. The summed E-state index contributed by atoms with van der Waals surface area (Å²) in [6, 6.07) is 5.84. The van der Waals surface area contributed by atoms with Gasteiger partial charge in [-0.1, -0.05) is 27.5 Å². The molecule has 0 atom stereocenters. The molecule has 0 spiro atoms. The van der Waals surface area contributed by atoms with Crippen LogP contribution < -0.4 is 4.74 Å². The summed E-state index contributed by atoms with van der Waals surface area (Å²) in [5.41, 5.74) is 1.10. The van der Waals surface area contributed by atoms with Crippen LogP contribution in [-0.2, 0) is 6.54 Å². The van der Waals surface area contributed by atoms with Crippen molar-refractivity contribution in [1.29, 1.82) is 0 Å². The van der Waals surface area contributed by atoms with Crippen LogP contribution in [0.5, 0.6) is 5.75 Å². The molecule has 1 aromatic carbocycles. The van der Waals surface area contributed by atoms with E-state index in [1.807, 2.05) is 18.2 Å². The van der Waals surface area contributed by atoms with Crippen molar-refractivity contribution in [2.45, 2.75) is 6.54 Å². The number of methoxy groups -OCH3 is 1. The van der Waals surface area contributed by atoms with Crippen LogP contribution in [0.3, 0.4) is 0 Å². The van der Waals surface area contributed by atoms with Crippen LogP contribution in [0.25, 0.3) is 0 Å². The van der Waals surface area contributed by atoms with E-state index in [0.29, 0.717) is 11.6 Å². The van der Waals surface area contributed by atoms with Crippen molar-refractivity contribution in [3.63, 3.8) is 0 Å². The number of hydrogen-bond acceptors (Lipinski definition) is 2. The molecule has 0 N–H and O–H groups in total. The monoisotopic (exact) mass is 300 g/mol. The first-order valence-electron chi connectivity index (χ1n) is 4.69. The molecule has 0 fully saturated rings. The number of hydrogen-bond donors (Lipinski definition) is 0. The van der Waals surface area contributed by atoms with E-state index in [0.717, 1.165) is 15.8 Å². The van der Waals surface area contributed by atoms with Gasteiger partial charge < -0.3 is 4.74 Å². The minimum Gasteiger partial charge on any atom is -0.497 e. The van der Waals surface area contributed by atoms with E-state index < -0.39 is 0 Å². The molecular weight excluding hydrogens is 291 g/mol. The summed E-state index contributed by atoms with van der Waals surface area (Å²) < 4.78 is 7.98. The van der Waals surface area contributed by atoms with Crippen LogP contribution in [0.1, 0.15) is 5.56 Å². The van der Waals surface area contributed by atoms with E-state index in [9.17, 15) is 0 Å². The van der Waals surface area contributed by atoms with Crippen molar-refractivity contribution >= 4 is 27.5 Å². The number of aromatic nitrogens is 2. The molecule has 0 aliphatic carbocycles. The fourth-order valence-electron chi connectivity index (χ4n) is 1.40. The highest BCUT2D eigenvalue weighted by Gasteiger charge is 2.04. The second-order valence-electron chi connectivity index (χ2n) is 3.31. The van der Waals surface area contributed by atoms with E-state index >= 15 is 0 Å². The molecule has 2 aromatic rings. The summed E-state index contributed by atoms with van der Waals surface area (Å²) in [5.74, 6) is 0.830. The number of ether oxygens (including phenoxy) is 1. The van der Waals surface area contributed by atoms with Crippen molar-refractivity contribution in [3.8, 4) is 5.75 Å². The zero-order valence-electron chi connectivity index (χ0n) is 8.65. The predicted molar refractivity (Wildman–Crippen MR) is 67.0 cm³/mol. The topological polar surface area (TPSA) is 27.1 Å². The molecule has 0 saturated heterocycles. The van der Waals surface area contributed by atoms with Crippen molar-refractivity contribution in [1.82, 2.24) is 9.78 Å². The summed E-state index contributed by atoms with van der Waals surface area (Å²) in [7, 11) is 1.65. The van der Waals surface area contributed by atoms with Gasteiger partial charge in [0.2, 0.25) is 0 Å². The van der Waals surface area contributed by atoms with Crippen LogP contribution in [0, 0.1) is 0 Å². The van der Waals surface area contributed by atoms with E-state index in [-0.39, 0.29) is 0 Å². The number of nitrogens with zero attached hydrogens (tertiary/aromatic N) is 2. The SMILES string of the molecule is COc1ccc(Br)c(Cn2cc(Cl)cn2)c1. The Hall–Kier alpha value is -1.00. The van der Waals surface area contributed by atoms with Gasteiger partial charge in [0.1, 0.15) is 5.75 Å². The minimum atomic E-state index is 0.638. The summed E-state index contributed by atoms with van der Waals surface area (Å²) in [4.78, 5) is 0. The van der Waals surface area contributed by atoms with Crippen LogP contribution >= 0.6 is 27.5 Å². The van der Waals surface area contributed by atoms with E-state index in [1.165, 1.54) is 0 Å². The maximum Gasteiger partial charge on any atom is 0.119 e. The molecule has 0 aliphatic heterocycles. The average Bonchev–Trinajstić information content (AvgIpc) is 2.67. The molecule has 1 heterocycles. The van der Waals surface area contributed by atoms with Gasteiger partial charge in [-0.2, -0.15) is 5.10 Å².